The second-order valence-corrected chi connectivity index (χ2v) is 5.02. The minimum Gasteiger partial charge on any atom is -0.467 e. The van der Waals surface area contributed by atoms with Crippen molar-refractivity contribution in [2.75, 3.05) is 32.2 Å². The molecule has 0 unspecified atom stereocenters. The largest absolute Gasteiger partial charge is 0.467 e. The Morgan fingerprint density at radius 2 is 1.86 bits per heavy atom. The van der Waals surface area contributed by atoms with Crippen LogP contribution in [0.4, 0.5) is 5.95 Å². The third-order valence-electron chi connectivity index (χ3n) is 3.65. The van der Waals surface area contributed by atoms with Gasteiger partial charge < -0.3 is 14.4 Å². The maximum atomic E-state index is 5.11. The number of anilines is 1. The molecule has 2 aromatic heterocycles. The zero-order valence-corrected chi connectivity index (χ0v) is 12.6. The molecule has 1 aliphatic rings. The van der Waals surface area contributed by atoms with Crippen LogP contribution < -0.4 is 14.4 Å². The van der Waals surface area contributed by atoms with Crippen LogP contribution in [0.1, 0.15) is 24.5 Å². The Morgan fingerprint density at radius 3 is 2.50 bits per heavy atom. The van der Waals surface area contributed by atoms with Crippen molar-refractivity contribution < 1.29 is 9.47 Å². The molecule has 0 aliphatic carbocycles. The summed E-state index contributed by atoms with van der Waals surface area (Å²) < 4.78 is 10.2. The van der Waals surface area contributed by atoms with E-state index in [1.165, 1.54) is 14.2 Å². The topological polar surface area (TPSA) is 86.2 Å². The summed E-state index contributed by atoms with van der Waals surface area (Å²) in [5, 5.41) is 0. The van der Waals surface area contributed by atoms with Crippen LogP contribution in [0, 0.1) is 0 Å². The Labute approximate surface area is 128 Å². The minimum atomic E-state index is 0.253. The molecule has 22 heavy (non-hydrogen) atoms. The quantitative estimate of drug-likeness (QED) is 0.828. The standard InChI is InChI=1S/C14H18N6O2/c1-21-13-17-12(18-14(19-13)22-2)20-7-3-4-10(9-20)11-8-15-5-6-16-11/h5-6,8,10H,3-4,7,9H2,1-2H3/t10-/m0/s1. The molecule has 3 rings (SSSR count). The van der Waals surface area contributed by atoms with Crippen LogP contribution in [0.25, 0.3) is 0 Å². The molecule has 8 heteroatoms. The molecule has 0 N–H and O–H groups in total. The first-order valence-corrected chi connectivity index (χ1v) is 7.15. The third-order valence-corrected chi connectivity index (χ3v) is 3.65. The molecule has 2 aromatic rings. The van der Waals surface area contributed by atoms with Gasteiger partial charge in [0.1, 0.15) is 0 Å². The van der Waals surface area contributed by atoms with Crippen molar-refractivity contribution in [1.82, 2.24) is 24.9 Å². The van der Waals surface area contributed by atoms with E-state index in [0.717, 1.165) is 31.6 Å². The summed E-state index contributed by atoms with van der Waals surface area (Å²) in [4.78, 5) is 23.3. The molecule has 3 heterocycles. The molecular weight excluding hydrogens is 284 g/mol. The molecule has 0 amide bonds. The van der Waals surface area contributed by atoms with Gasteiger partial charge in [0.2, 0.25) is 5.95 Å². The summed E-state index contributed by atoms with van der Waals surface area (Å²) in [7, 11) is 3.05. The number of piperidine rings is 1. The van der Waals surface area contributed by atoms with Crippen molar-refractivity contribution in [3.05, 3.63) is 24.3 Å². The Kier molecular flexibility index (Phi) is 4.27. The molecule has 0 spiro atoms. The Bertz CT molecular complexity index is 602. The van der Waals surface area contributed by atoms with Gasteiger partial charge in [0.05, 0.1) is 19.9 Å². The number of hydrogen-bond acceptors (Lipinski definition) is 8. The van der Waals surface area contributed by atoms with Gasteiger partial charge in [-0.2, -0.15) is 9.97 Å². The molecule has 116 valence electrons. The van der Waals surface area contributed by atoms with Crippen molar-refractivity contribution in [1.29, 1.82) is 0 Å². The Balaban J connectivity index is 1.82. The van der Waals surface area contributed by atoms with E-state index in [0.29, 0.717) is 11.9 Å². The van der Waals surface area contributed by atoms with Gasteiger partial charge in [-0.15, -0.1) is 4.98 Å². The first-order chi connectivity index (χ1) is 10.8. The zero-order chi connectivity index (χ0) is 15.4. The van der Waals surface area contributed by atoms with Gasteiger partial charge in [-0.25, -0.2) is 0 Å². The zero-order valence-electron chi connectivity index (χ0n) is 12.6. The van der Waals surface area contributed by atoms with Gasteiger partial charge in [-0.05, 0) is 12.8 Å². The van der Waals surface area contributed by atoms with Crippen molar-refractivity contribution in [3.8, 4) is 12.0 Å². The summed E-state index contributed by atoms with van der Waals surface area (Å²) in [6.07, 6.45) is 7.35. The highest BCUT2D eigenvalue weighted by molar-refractivity contribution is 5.34. The fourth-order valence-corrected chi connectivity index (χ4v) is 2.57. The van der Waals surface area contributed by atoms with Crippen LogP contribution in [0.15, 0.2) is 18.6 Å². The molecule has 1 atom stereocenters. The lowest BCUT2D eigenvalue weighted by Crippen LogP contribution is -2.36. The average molecular weight is 302 g/mol. The van der Waals surface area contributed by atoms with E-state index in [4.69, 9.17) is 9.47 Å². The highest BCUT2D eigenvalue weighted by Crippen LogP contribution is 2.28. The van der Waals surface area contributed by atoms with E-state index in [2.05, 4.69) is 29.8 Å². The van der Waals surface area contributed by atoms with Crippen LogP contribution in [-0.4, -0.2) is 52.2 Å². The van der Waals surface area contributed by atoms with Gasteiger partial charge in [-0.1, -0.05) is 0 Å². The molecule has 0 bridgehead atoms. The normalized spacial score (nSPS) is 18.1. The highest BCUT2D eigenvalue weighted by atomic mass is 16.5. The van der Waals surface area contributed by atoms with Crippen LogP contribution in [0.2, 0.25) is 0 Å². The lowest BCUT2D eigenvalue weighted by Gasteiger charge is -2.32. The monoisotopic (exact) mass is 302 g/mol. The predicted octanol–water partition coefficient (Wildman–Crippen LogP) is 1.06. The van der Waals surface area contributed by atoms with Crippen LogP contribution in [0.3, 0.4) is 0 Å². The molecule has 1 aliphatic heterocycles. The lowest BCUT2D eigenvalue weighted by molar-refractivity contribution is 0.338. The van der Waals surface area contributed by atoms with Gasteiger partial charge in [-0.3, -0.25) is 9.97 Å². The molecule has 8 nitrogen and oxygen atoms in total. The van der Waals surface area contributed by atoms with E-state index in [9.17, 15) is 0 Å². The van der Waals surface area contributed by atoms with E-state index in [-0.39, 0.29) is 12.0 Å². The van der Waals surface area contributed by atoms with E-state index < -0.39 is 0 Å². The summed E-state index contributed by atoms with van der Waals surface area (Å²) in [6, 6.07) is 0.506. The van der Waals surface area contributed by atoms with Gasteiger partial charge >= 0.3 is 12.0 Å². The smallest absolute Gasteiger partial charge is 0.324 e. The van der Waals surface area contributed by atoms with E-state index >= 15 is 0 Å². The first kappa shape index (κ1) is 14.4. The summed E-state index contributed by atoms with van der Waals surface area (Å²) in [5.41, 5.74) is 1.00. The number of hydrogen-bond donors (Lipinski definition) is 0. The summed E-state index contributed by atoms with van der Waals surface area (Å²) in [6.45, 7) is 1.67. The van der Waals surface area contributed by atoms with Crippen molar-refractivity contribution in [2.45, 2.75) is 18.8 Å². The van der Waals surface area contributed by atoms with Crippen LogP contribution >= 0.6 is 0 Å². The molecule has 0 saturated carbocycles. The van der Waals surface area contributed by atoms with Crippen LogP contribution in [0.5, 0.6) is 12.0 Å². The first-order valence-electron chi connectivity index (χ1n) is 7.15. The van der Waals surface area contributed by atoms with E-state index in [1.807, 2.05) is 6.20 Å². The number of rotatable bonds is 4. The molecule has 1 saturated heterocycles. The molecular formula is C14H18N6O2. The average Bonchev–Trinajstić information content (AvgIpc) is 2.62. The number of ether oxygens (including phenoxy) is 2. The molecule has 1 fully saturated rings. The van der Waals surface area contributed by atoms with Gasteiger partial charge in [0.25, 0.3) is 0 Å². The SMILES string of the molecule is COc1nc(OC)nc(N2CCC[C@H](c3cnccn3)C2)n1. The maximum Gasteiger partial charge on any atom is 0.324 e. The van der Waals surface area contributed by atoms with E-state index in [1.54, 1.807) is 12.4 Å². The Hall–Kier alpha value is -2.51. The Morgan fingerprint density at radius 1 is 1.09 bits per heavy atom. The van der Waals surface area contributed by atoms with Crippen molar-refractivity contribution in [3.63, 3.8) is 0 Å². The molecule has 0 aromatic carbocycles. The fourth-order valence-electron chi connectivity index (χ4n) is 2.57. The third kappa shape index (κ3) is 3.05. The minimum absolute atomic E-state index is 0.253. The lowest BCUT2D eigenvalue weighted by atomic mass is 9.95. The predicted molar refractivity (Wildman–Crippen MR) is 79.2 cm³/mol. The fraction of sp³-hybridized carbons (Fsp3) is 0.500. The summed E-state index contributed by atoms with van der Waals surface area (Å²) >= 11 is 0. The maximum absolute atomic E-state index is 5.11. The highest BCUT2D eigenvalue weighted by Gasteiger charge is 2.25. The molecule has 0 radical (unpaired) electrons. The van der Waals surface area contributed by atoms with Crippen molar-refractivity contribution in [2.24, 2.45) is 0 Å². The van der Waals surface area contributed by atoms with Crippen LogP contribution in [-0.2, 0) is 0 Å². The number of nitrogens with zero attached hydrogens (tertiary/aromatic N) is 6. The van der Waals surface area contributed by atoms with Crippen molar-refractivity contribution >= 4 is 5.95 Å². The van der Waals surface area contributed by atoms with Gasteiger partial charge in [0, 0.05) is 37.6 Å². The van der Waals surface area contributed by atoms with Gasteiger partial charge in [0.15, 0.2) is 0 Å². The number of methoxy groups -OCH3 is 2. The number of aromatic nitrogens is 5. The summed E-state index contributed by atoms with van der Waals surface area (Å²) in [5.74, 6) is 0.883. The second kappa shape index (κ2) is 6.50. The second-order valence-electron chi connectivity index (χ2n) is 5.02.